The van der Waals surface area contributed by atoms with E-state index in [9.17, 15) is 21.6 Å². The zero-order chi connectivity index (χ0) is 23.5. The Morgan fingerprint density at radius 3 is 2.39 bits per heavy atom. The van der Waals surface area contributed by atoms with E-state index in [2.05, 4.69) is 19.8 Å². The number of hydrogen-bond donors (Lipinski definition) is 3. The van der Waals surface area contributed by atoms with Crippen LogP contribution in [0.1, 0.15) is 12.0 Å². The van der Waals surface area contributed by atoms with Gasteiger partial charge in [0.2, 0.25) is 5.91 Å². The molecule has 3 N–H and O–H groups in total. The molecule has 0 spiro atoms. The molecule has 0 atom stereocenters. The Morgan fingerprint density at radius 1 is 0.909 bits per heavy atom. The van der Waals surface area contributed by atoms with Gasteiger partial charge in [0.15, 0.2) is 0 Å². The van der Waals surface area contributed by atoms with Gasteiger partial charge < -0.3 is 5.32 Å². The lowest BCUT2D eigenvalue weighted by Gasteiger charge is -2.10. The largest absolute Gasteiger partial charge is 0.326 e. The van der Waals surface area contributed by atoms with Crippen molar-refractivity contribution in [3.05, 3.63) is 84.4 Å². The van der Waals surface area contributed by atoms with E-state index in [4.69, 9.17) is 0 Å². The average Bonchev–Trinajstić information content (AvgIpc) is 3.05. The Balaban J connectivity index is 1.38. The molecule has 0 bridgehead atoms. The molecule has 33 heavy (non-hydrogen) atoms. The Bertz CT molecular complexity index is 1440. The topological polar surface area (TPSA) is 134 Å². The zero-order valence-electron chi connectivity index (χ0n) is 17.2. The zero-order valence-corrected chi connectivity index (χ0v) is 18.9. The van der Waals surface area contributed by atoms with Crippen LogP contribution in [0.2, 0.25) is 0 Å². The van der Waals surface area contributed by atoms with Gasteiger partial charge in [-0.1, -0.05) is 36.4 Å². The first-order chi connectivity index (χ1) is 15.7. The van der Waals surface area contributed by atoms with E-state index in [1.165, 1.54) is 24.3 Å². The van der Waals surface area contributed by atoms with Gasteiger partial charge in [0.1, 0.15) is 5.84 Å². The van der Waals surface area contributed by atoms with Gasteiger partial charge in [0, 0.05) is 17.7 Å². The van der Waals surface area contributed by atoms with Gasteiger partial charge in [-0.05, 0) is 42.5 Å². The third kappa shape index (κ3) is 5.21. The van der Waals surface area contributed by atoms with Crippen molar-refractivity contribution in [2.24, 2.45) is 4.99 Å². The lowest BCUT2D eigenvalue weighted by Crippen LogP contribution is -2.23. The van der Waals surface area contributed by atoms with Crippen molar-refractivity contribution in [3.63, 3.8) is 0 Å². The Hall–Kier alpha value is -3.70. The SMILES string of the molecule is O=C(CCN=C1NS(=O)(=O)c2ccccc21)Nc1cccc(NS(=O)(=O)c2ccccc2)c1. The van der Waals surface area contributed by atoms with Crippen LogP contribution in [0.15, 0.2) is 93.6 Å². The standard InChI is InChI=1S/C22H20N4O5S2/c27-21(13-14-23-22-19-11-4-5-12-20(19)33(30,31)26-22)24-16-7-6-8-17(15-16)25-32(28,29)18-9-2-1-3-10-18/h1-12,15,25H,13-14H2,(H,23,26)(H,24,27). The van der Waals surface area contributed by atoms with Crippen molar-refractivity contribution in [2.45, 2.75) is 16.2 Å². The summed E-state index contributed by atoms with van der Waals surface area (Å²) in [5, 5.41) is 2.69. The number of nitrogens with one attached hydrogen (secondary N) is 3. The van der Waals surface area contributed by atoms with Crippen LogP contribution in [0, 0.1) is 0 Å². The number of hydrogen-bond acceptors (Lipinski definition) is 6. The summed E-state index contributed by atoms with van der Waals surface area (Å²) in [6.45, 7) is 0.0678. The fourth-order valence-corrected chi connectivity index (χ4v) is 5.54. The van der Waals surface area contributed by atoms with E-state index >= 15 is 0 Å². The first kappa shape index (κ1) is 22.5. The minimum absolute atomic E-state index is 0.00731. The maximum atomic E-state index is 12.5. The Kier molecular flexibility index (Phi) is 6.16. The molecule has 170 valence electrons. The van der Waals surface area contributed by atoms with Crippen molar-refractivity contribution in [1.29, 1.82) is 0 Å². The number of carbonyl (C=O) groups excluding carboxylic acids is 1. The number of fused-ring (bicyclic) bond motifs is 1. The van der Waals surface area contributed by atoms with E-state index in [1.807, 2.05) is 0 Å². The third-order valence-corrected chi connectivity index (χ3v) is 7.52. The maximum Gasteiger partial charge on any atom is 0.263 e. The third-order valence-electron chi connectivity index (χ3n) is 4.72. The van der Waals surface area contributed by atoms with Gasteiger partial charge in [-0.3, -0.25) is 19.2 Å². The van der Waals surface area contributed by atoms with Crippen LogP contribution in [-0.2, 0) is 24.8 Å². The van der Waals surface area contributed by atoms with Gasteiger partial charge in [0.25, 0.3) is 20.0 Å². The summed E-state index contributed by atoms with van der Waals surface area (Å²) >= 11 is 0. The summed E-state index contributed by atoms with van der Waals surface area (Å²) in [4.78, 5) is 16.8. The first-order valence-corrected chi connectivity index (χ1v) is 12.9. The Labute approximate surface area is 191 Å². The molecule has 0 radical (unpaired) electrons. The Morgan fingerprint density at radius 2 is 1.61 bits per heavy atom. The molecular formula is C22H20N4O5S2. The van der Waals surface area contributed by atoms with E-state index < -0.39 is 20.0 Å². The molecule has 11 heteroatoms. The summed E-state index contributed by atoms with van der Waals surface area (Å²) in [7, 11) is -7.38. The van der Waals surface area contributed by atoms with E-state index in [0.29, 0.717) is 16.9 Å². The van der Waals surface area contributed by atoms with Crippen LogP contribution in [0.3, 0.4) is 0 Å². The molecule has 0 aromatic heterocycles. The smallest absolute Gasteiger partial charge is 0.263 e. The van der Waals surface area contributed by atoms with E-state index in [-0.39, 0.29) is 34.5 Å². The van der Waals surface area contributed by atoms with Gasteiger partial charge in [0.05, 0.1) is 22.0 Å². The summed E-state index contributed by atoms with van der Waals surface area (Å²) in [5.41, 5.74) is 1.18. The molecule has 3 aromatic carbocycles. The minimum Gasteiger partial charge on any atom is -0.326 e. The van der Waals surface area contributed by atoms with Gasteiger partial charge >= 0.3 is 0 Å². The fourth-order valence-electron chi connectivity index (χ4n) is 3.22. The molecule has 0 fully saturated rings. The lowest BCUT2D eigenvalue weighted by atomic mass is 10.2. The number of anilines is 2. The van der Waals surface area contributed by atoms with Crippen LogP contribution in [0.4, 0.5) is 11.4 Å². The molecule has 0 aliphatic carbocycles. The highest BCUT2D eigenvalue weighted by atomic mass is 32.2. The molecule has 1 amide bonds. The van der Waals surface area contributed by atoms with Crippen LogP contribution in [-0.4, -0.2) is 35.1 Å². The van der Waals surface area contributed by atoms with Crippen molar-refractivity contribution < 1.29 is 21.6 Å². The lowest BCUT2D eigenvalue weighted by molar-refractivity contribution is -0.116. The molecule has 1 heterocycles. The summed E-state index contributed by atoms with van der Waals surface area (Å²) in [6.07, 6.45) is 0.00731. The number of aliphatic imine (C=N–C) groups is 1. The molecule has 0 saturated heterocycles. The monoisotopic (exact) mass is 484 g/mol. The maximum absolute atomic E-state index is 12.5. The first-order valence-electron chi connectivity index (χ1n) is 9.89. The highest BCUT2D eigenvalue weighted by molar-refractivity contribution is 7.92. The second kappa shape index (κ2) is 9.04. The molecule has 1 aliphatic rings. The summed E-state index contributed by atoms with van der Waals surface area (Å²) in [6, 6.07) is 20.8. The second-order valence-corrected chi connectivity index (χ2v) is 10.5. The molecule has 4 rings (SSSR count). The highest BCUT2D eigenvalue weighted by Crippen LogP contribution is 2.22. The van der Waals surface area contributed by atoms with Crippen molar-refractivity contribution in [1.82, 2.24) is 4.72 Å². The number of sulfonamides is 2. The predicted molar refractivity (Wildman–Crippen MR) is 125 cm³/mol. The molecule has 3 aromatic rings. The van der Waals surface area contributed by atoms with Crippen molar-refractivity contribution >= 4 is 43.2 Å². The van der Waals surface area contributed by atoms with Crippen LogP contribution < -0.4 is 14.8 Å². The normalized spacial score (nSPS) is 15.5. The van der Waals surface area contributed by atoms with Gasteiger partial charge in [-0.2, -0.15) is 0 Å². The molecule has 0 unspecified atom stereocenters. The quantitative estimate of drug-likeness (QED) is 0.474. The highest BCUT2D eigenvalue weighted by Gasteiger charge is 2.29. The second-order valence-electron chi connectivity index (χ2n) is 7.13. The minimum atomic E-state index is -3.75. The molecule has 9 nitrogen and oxygen atoms in total. The molecular weight excluding hydrogens is 464 g/mol. The summed E-state index contributed by atoms with van der Waals surface area (Å²) < 4.78 is 54.0. The number of carbonyl (C=O) groups is 1. The molecule has 0 saturated carbocycles. The summed E-state index contributed by atoms with van der Waals surface area (Å²) in [5.74, 6) is -0.146. The number of amides is 1. The number of benzene rings is 3. The van der Waals surface area contributed by atoms with Crippen LogP contribution in [0.5, 0.6) is 0 Å². The van der Waals surface area contributed by atoms with Crippen molar-refractivity contribution in [2.75, 3.05) is 16.6 Å². The predicted octanol–water partition coefficient (Wildman–Crippen LogP) is 2.55. The average molecular weight is 485 g/mol. The van der Waals surface area contributed by atoms with Gasteiger partial charge in [-0.15, -0.1) is 0 Å². The van der Waals surface area contributed by atoms with Crippen LogP contribution >= 0.6 is 0 Å². The van der Waals surface area contributed by atoms with E-state index in [1.54, 1.807) is 54.6 Å². The number of nitrogens with zero attached hydrogens (tertiary/aromatic N) is 1. The number of amidine groups is 1. The fraction of sp³-hybridized carbons (Fsp3) is 0.0909. The number of rotatable bonds is 7. The van der Waals surface area contributed by atoms with Crippen LogP contribution in [0.25, 0.3) is 0 Å². The van der Waals surface area contributed by atoms with E-state index in [0.717, 1.165) is 0 Å². The van der Waals surface area contributed by atoms with Crippen molar-refractivity contribution in [3.8, 4) is 0 Å². The van der Waals surface area contributed by atoms with Gasteiger partial charge in [-0.25, -0.2) is 16.8 Å². The molecule has 1 aliphatic heterocycles.